The fourth-order valence-electron chi connectivity index (χ4n) is 3.45. The van der Waals surface area contributed by atoms with E-state index >= 15 is 0 Å². The minimum Gasteiger partial charge on any atom is -0.311 e. The molecule has 0 aromatic carbocycles. The SMILES string of the molecule is CCCN1CCC(NC2CCC(SCC)C2)CC1. The highest BCUT2D eigenvalue weighted by molar-refractivity contribution is 7.99. The van der Waals surface area contributed by atoms with Crippen LogP contribution in [-0.2, 0) is 0 Å². The first-order valence-corrected chi connectivity index (χ1v) is 8.96. The van der Waals surface area contributed by atoms with Gasteiger partial charge in [0.05, 0.1) is 0 Å². The van der Waals surface area contributed by atoms with Gasteiger partial charge in [-0.1, -0.05) is 13.8 Å². The highest BCUT2D eigenvalue weighted by atomic mass is 32.2. The molecule has 1 aliphatic heterocycles. The number of rotatable bonds is 6. The molecule has 2 nitrogen and oxygen atoms in total. The van der Waals surface area contributed by atoms with Gasteiger partial charge in [-0.2, -0.15) is 11.8 Å². The Bertz CT molecular complexity index is 227. The van der Waals surface area contributed by atoms with Gasteiger partial charge in [0.15, 0.2) is 0 Å². The summed E-state index contributed by atoms with van der Waals surface area (Å²) in [5, 5.41) is 4.87. The van der Waals surface area contributed by atoms with Gasteiger partial charge in [-0.3, -0.25) is 0 Å². The molecule has 1 aliphatic carbocycles. The number of likely N-dealkylation sites (tertiary alicyclic amines) is 1. The summed E-state index contributed by atoms with van der Waals surface area (Å²) in [4.78, 5) is 2.63. The Morgan fingerprint density at radius 3 is 2.50 bits per heavy atom. The Morgan fingerprint density at radius 2 is 1.83 bits per heavy atom. The second kappa shape index (κ2) is 7.76. The fourth-order valence-corrected chi connectivity index (χ4v) is 4.59. The van der Waals surface area contributed by atoms with E-state index in [1.54, 1.807) is 0 Å². The van der Waals surface area contributed by atoms with Crippen LogP contribution in [0.1, 0.15) is 52.4 Å². The van der Waals surface area contributed by atoms with E-state index in [1.165, 1.54) is 63.9 Å². The van der Waals surface area contributed by atoms with Crippen molar-refractivity contribution in [2.45, 2.75) is 69.7 Å². The molecule has 0 aromatic rings. The summed E-state index contributed by atoms with van der Waals surface area (Å²) in [6.45, 7) is 8.49. The first kappa shape index (κ1) is 14.7. The third-order valence-electron chi connectivity index (χ3n) is 4.39. The van der Waals surface area contributed by atoms with Crippen LogP contribution in [0.5, 0.6) is 0 Å². The number of thioether (sulfide) groups is 1. The molecule has 0 bridgehead atoms. The number of nitrogens with zero attached hydrogens (tertiary/aromatic N) is 1. The van der Waals surface area contributed by atoms with Crippen LogP contribution in [0.4, 0.5) is 0 Å². The maximum Gasteiger partial charge on any atom is 0.00940 e. The van der Waals surface area contributed by atoms with Crippen LogP contribution in [0.25, 0.3) is 0 Å². The summed E-state index contributed by atoms with van der Waals surface area (Å²) in [6.07, 6.45) is 8.28. The quantitative estimate of drug-likeness (QED) is 0.798. The third-order valence-corrected chi connectivity index (χ3v) is 5.62. The maximum absolute atomic E-state index is 3.93. The van der Waals surface area contributed by atoms with Crippen molar-refractivity contribution in [2.24, 2.45) is 0 Å². The number of hydrogen-bond acceptors (Lipinski definition) is 3. The summed E-state index contributed by atoms with van der Waals surface area (Å²) < 4.78 is 0. The van der Waals surface area contributed by atoms with Crippen LogP contribution < -0.4 is 5.32 Å². The molecule has 1 heterocycles. The van der Waals surface area contributed by atoms with Crippen LogP contribution in [0.3, 0.4) is 0 Å². The Kier molecular flexibility index (Phi) is 6.33. The van der Waals surface area contributed by atoms with Gasteiger partial charge in [-0.05, 0) is 63.9 Å². The van der Waals surface area contributed by atoms with Gasteiger partial charge < -0.3 is 10.2 Å². The minimum atomic E-state index is 0.800. The number of nitrogens with one attached hydrogen (secondary N) is 1. The van der Waals surface area contributed by atoms with Crippen LogP contribution in [0.15, 0.2) is 0 Å². The normalized spacial score (nSPS) is 31.0. The molecule has 2 fully saturated rings. The first-order chi connectivity index (χ1) is 8.81. The topological polar surface area (TPSA) is 15.3 Å². The highest BCUT2D eigenvalue weighted by Crippen LogP contribution is 2.30. The van der Waals surface area contributed by atoms with E-state index < -0.39 is 0 Å². The first-order valence-electron chi connectivity index (χ1n) is 7.91. The van der Waals surface area contributed by atoms with E-state index in [0.29, 0.717) is 0 Å². The van der Waals surface area contributed by atoms with Gasteiger partial charge in [0.2, 0.25) is 0 Å². The van der Waals surface area contributed by atoms with Crippen molar-refractivity contribution in [3.8, 4) is 0 Å². The van der Waals surface area contributed by atoms with E-state index in [1.807, 2.05) is 0 Å². The van der Waals surface area contributed by atoms with Gasteiger partial charge in [-0.25, -0.2) is 0 Å². The van der Waals surface area contributed by atoms with Crippen molar-refractivity contribution in [1.82, 2.24) is 10.2 Å². The minimum absolute atomic E-state index is 0.800. The molecule has 2 aliphatic rings. The molecule has 2 unspecified atom stereocenters. The standard InChI is InChI=1S/C15H30N2S/c1-3-9-17-10-7-13(8-11-17)16-14-5-6-15(12-14)18-4-2/h13-16H,3-12H2,1-2H3. The summed E-state index contributed by atoms with van der Waals surface area (Å²) in [5.74, 6) is 1.28. The average molecular weight is 270 g/mol. The zero-order valence-corrected chi connectivity index (χ0v) is 13.0. The average Bonchev–Trinajstić information content (AvgIpc) is 2.80. The fraction of sp³-hybridized carbons (Fsp3) is 1.00. The van der Waals surface area contributed by atoms with Gasteiger partial charge in [-0.15, -0.1) is 0 Å². The monoisotopic (exact) mass is 270 g/mol. The Balaban J connectivity index is 1.63. The Labute approximate surface area is 117 Å². The third kappa shape index (κ3) is 4.43. The van der Waals surface area contributed by atoms with E-state index in [-0.39, 0.29) is 0 Å². The molecule has 1 saturated heterocycles. The molecule has 2 atom stereocenters. The van der Waals surface area contributed by atoms with Gasteiger partial charge in [0.25, 0.3) is 0 Å². The van der Waals surface area contributed by atoms with Gasteiger partial charge in [0, 0.05) is 17.3 Å². The van der Waals surface area contributed by atoms with Crippen molar-refractivity contribution >= 4 is 11.8 Å². The van der Waals surface area contributed by atoms with E-state index in [2.05, 4.69) is 35.8 Å². The van der Waals surface area contributed by atoms with Crippen molar-refractivity contribution < 1.29 is 0 Å². The van der Waals surface area contributed by atoms with E-state index in [4.69, 9.17) is 0 Å². The van der Waals surface area contributed by atoms with Gasteiger partial charge in [0.1, 0.15) is 0 Å². The lowest BCUT2D eigenvalue weighted by Gasteiger charge is -2.33. The molecule has 3 heteroatoms. The maximum atomic E-state index is 3.93. The zero-order chi connectivity index (χ0) is 12.8. The van der Waals surface area contributed by atoms with E-state index in [9.17, 15) is 0 Å². The second-order valence-electron chi connectivity index (χ2n) is 5.87. The molecule has 1 N–H and O–H groups in total. The molecular formula is C15H30N2S. The van der Waals surface area contributed by atoms with Crippen LogP contribution in [0.2, 0.25) is 0 Å². The highest BCUT2D eigenvalue weighted by Gasteiger charge is 2.27. The molecular weight excluding hydrogens is 240 g/mol. The van der Waals surface area contributed by atoms with Crippen molar-refractivity contribution in [2.75, 3.05) is 25.4 Å². The summed E-state index contributed by atoms with van der Waals surface area (Å²) in [6, 6.07) is 1.62. The molecule has 0 aromatic heterocycles. The largest absolute Gasteiger partial charge is 0.311 e. The Morgan fingerprint density at radius 1 is 1.06 bits per heavy atom. The van der Waals surface area contributed by atoms with Crippen LogP contribution in [0, 0.1) is 0 Å². The molecule has 1 saturated carbocycles. The lowest BCUT2D eigenvalue weighted by atomic mass is 10.0. The summed E-state index contributed by atoms with van der Waals surface area (Å²) in [7, 11) is 0. The van der Waals surface area contributed by atoms with Crippen LogP contribution >= 0.6 is 11.8 Å². The summed E-state index contributed by atoms with van der Waals surface area (Å²) >= 11 is 2.16. The number of hydrogen-bond donors (Lipinski definition) is 1. The van der Waals surface area contributed by atoms with Crippen LogP contribution in [-0.4, -0.2) is 47.6 Å². The van der Waals surface area contributed by atoms with E-state index in [0.717, 1.165) is 17.3 Å². The smallest absolute Gasteiger partial charge is 0.00940 e. The lowest BCUT2D eigenvalue weighted by molar-refractivity contribution is 0.191. The second-order valence-corrected chi connectivity index (χ2v) is 7.45. The van der Waals surface area contributed by atoms with Crippen molar-refractivity contribution in [3.63, 3.8) is 0 Å². The number of piperidine rings is 1. The van der Waals surface area contributed by atoms with Crippen molar-refractivity contribution in [3.05, 3.63) is 0 Å². The predicted molar refractivity (Wildman–Crippen MR) is 82.4 cm³/mol. The van der Waals surface area contributed by atoms with Gasteiger partial charge >= 0.3 is 0 Å². The molecule has 18 heavy (non-hydrogen) atoms. The molecule has 0 radical (unpaired) electrons. The summed E-state index contributed by atoms with van der Waals surface area (Å²) in [5.41, 5.74) is 0. The lowest BCUT2D eigenvalue weighted by Crippen LogP contribution is -2.45. The van der Waals surface area contributed by atoms with Crippen molar-refractivity contribution in [1.29, 1.82) is 0 Å². The Hall–Kier alpha value is 0.270. The zero-order valence-electron chi connectivity index (χ0n) is 12.2. The molecule has 0 spiro atoms. The molecule has 106 valence electrons. The molecule has 2 rings (SSSR count). The molecule has 0 amide bonds. The predicted octanol–water partition coefficient (Wildman–Crippen LogP) is 3.12.